The molecule has 2 heterocycles. The number of aromatic nitrogens is 1. The van der Waals surface area contributed by atoms with E-state index in [0.717, 1.165) is 5.92 Å². The highest BCUT2D eigenvalue weighted by Gasteiger charge is 2.28. The van der Waals surface area contributed by atoms with Crippen molar-refractivity contribution in [2.75, 3.05) is 20.1 Å². The molecule has 1 aromatic rings. The lowest BCUT2D eigenvalue weighted by atomic mass is 9.92. The van der Waals surface area contributed by atoms with Gasteiger partial charge >= 0.3 is 0 Å². The Morgan fingerprint density at radius 3 is 2.85 bits per heavy atom. The van der Waals surface area contributed by atoms with Gasteiger partial charge in [-0.15, -0.1) is 0 Å². The van der Waals surface area contributed by atoms with E-state index in [-0.39, 0.29) is 0 Å². The smallest absolute Gasteiger partial charge is 0.0303 e. The second-order valence-corrected chi connectivity index (χ2v) is 4.09. The molecular weight excluding hydrogens is 160 g/mol. The van der Waals surface area contributed by atoms with Crippen LogP contribution in [0.15, 0.2) is 24.5 Å². The quantitative estimate of drug-likeness (QED) is 0.648. The van der Waals surface area contributed by atoms with Crippen LogP contribution in [0.3, 0.4) is 0 Å². The molecule has 2 nitrogen and oxygen atoms in total. The lowest BCUT2D eigenvalue weighted by Gasteiger charge is -2.13. The number of pyridine rings is 1. The van der Waals surface area contributed by atoms with Crippen molar-refractivity contribution in [2.45, 2.75) is 12.8 Å². The lowest BCUT2D eigenvalue weighted by molar-refractivity contribution is 0.401. The van der Waals surface area contributed by atoms with Crippen LogP contribution in [-0.2, 0) is 0 Å². The third kappa shape index (κ3) is 1.73. The molecule has 2 rings (SSSR count). The molecule has 13 heavy (non-hydrogen) atoms. The van der Waals surface area contributed by atoms with Crippen LogP contribution in [0.5, 0.6) is 0 Å². The first-order chi connectivity index (χ1) is 6.27. The summed E-state index contributed by atoms with van der Waals surface area (Å²) in [6.07, 6.45) is 3.84. The summed E-state index contributed by atoms with van der Waals surface area (Å²) in [4.78, 5) is 6.56. The maximum atomic E-state index is 4.17. The number of likely N-dealkylation sites (N-methyl/N-ethyl adjacent to an activating group) is 1. The van der Waals surface area contributed by atoms with Gasteiger partial charge in [0.15, 0.2) is 0 Å². The minimum atomic E-state index is 0.679. The van der Waals surface area contributed by atoms with E-state index in [4.69, 9.17) is 0 Å². The summed E-state index contributed by atoms with van der Waals surface area (Å²) in [5.41, 5.74) is 1.39. The minimum absolute atomic E-state index is 0.679. The van der Waals surface area contributed by atoms with Gasteiger partial charge in [-0.05, 0) is 24.6 Å². The molecule has 1 saturated heterocycles. The normalized spacial score (nSPS) is 29.4. The third-order valence-corrected chi connectivity index (χ3v) is 2.91. The first-order valence-corrected chi connectivity index (χ1v) is 4.86. The second kappa shape index (κ2) is 3.46. The molecule has 0 spiro atoms. The van der Waals surface area contributed by atoms with Gasteiger partial charge < -0.3 is 4.90 Å². The SMILES string of the molecule is C[C@@H]1CN(C)CC1c1cccnc1. The van der Waals surface area contributed by atoms with Crippen LogP contribution in [0, 0.1) is 5.92 Å². The van der Waals surface area contributed by atoms with Crippen molar-refractivity contribution in [3.8, 4) is 0 Å². The molecule has 0 radical (unpaired) electrons. The maximum Gasteiger partial charge on any atom is 0.0303 e. The Bertz CT molecular complexity index is 271. The van der Waals surface area contributed by atoms with Gasteiger partial charge in [0.05, 0.1) is 0 Å². The van der Waals surface area contributed by atoms with E-state index in [1.54, 1.807) is 0 Å². The molecule has 0 saturated carbocycles. The van der Waals surface area contributed by atoms with Crippen molar-refractivity contribution in [1.82, 2.24) is 9.88 Å². The Balaban J connectivity index is 2.18. The minimum Gasteiger partial charge on any atom is -0.305 e. The second-order valence-electron chi connectivity index (χ2n) is 4.09. The van der Waals surface area contributed by atoms with E-state index in [1.165, 1.54) is 18.7 Å². The predicted molar refractivity (Wildman–Crippen MR) is 53.6 cm³/mol. The zero-order valence-corrected chi connectivity index (χ0v) is 8.27. The molecule has 0 N–H and O–H groups in total. The zero-order chi connectivity index (χ0) is 9.26. The van der Waals surface area contributed by atoms with Gasteiger partial charge in [0.1, 0.15) is 0 Å². The largest absolute Gasteiger partial charge is 0.305 e. The van der Waals surface area contributed by atoms with Crippen molar-refractivity contribution < 1.29 is 0 Å². The molecular formula is C11H16N2. The van der Waals surface area contributed by atoms with Gasteiger partial charge in [0.2, 0.25) is 0 Å². The predicted octanol–water partition coefficient (Wildman–Crippen LogP) is 1.75. The highest BCUT2D eigenvalue weighted by molar-refractivity contribution is 5.17. The van der Waals surface area contributed by atoms with Gasteiger partial charge in [-0.2, -0.15) is 0 Å². The highest BCUT2D eigenvalue weighted by atomic mass is 15.1. The molecule has 1 aliphatic heterocycles. The van der Waals surface area contributed by atoms with E-state index in [9.17, 15) is 0 Å². The lowest BCUT2D eigenvalue weighted by Crippen LogP contribution is -2.13. The number of rotatable bonds is 1. The van der Waals surface area contributed by atoms with Crippen molar-refractivity contribution in [3.63, 3.8) is 0 Å². The first kappa shape index (κ1) is 8.70. The molecule has 0 amide bonds. The van der Waals surface area contributed by atoms with E-state index in [0.29, 0.717) is 5.92 Å². The van der Waals surface area contributed by atoms with Crippen LogP contribution in [0.2, 0.25) is 0 Å². The molecule has 2 heteroatoms. The first-order valence-electron chi connectivity index (χ1n) is 4.86. The fourth-order valence-electron chi connectivity index (χ4n) is 2.24. The number of likely N-dealkylation sites (tertiary alicyclic amines) is 1. The fourth-order valence-corrected chi connectivity index (χ4v) is 2.24. The molecule has 1 aliphatic rings. The molecule has 1 fully saturated rings. The third-order valence-electron chi connectivity index (χ3n) is 2.91. The van der Waals surface area contributed by atoms with Crippen LogP contribution in [0.1, 0.15) is 18.4 Å². The van der Waals surface area contributed by atoms with E-state index >= 15 is 0 Å². The standard InChI is InChI=1S/C11H16N2/c1-9-7-13(2)8-11(9)10-4-3-5-12-6-10/h3-6,9,11H,7-8H2,1-2H3/t9-,11?/m1/s1. The van der Waals surface area contributed by atoms with Crippen LogP contribution >= 0.6 is 0 Å². The molecule has 1 unspecified atom stereocenters. The van der Waals surface area contributed by atoms with E-state index in [1.807, 2.05) is 18.5 Å². The number of nitrogens with zero attached hydrogens (tertiary/aromatic N) is 2. The van der Waals surface area contributed by atoms with Crippen LogP contribution in [-0.4, -0.2) is 30.0 Å². The Labute approximate surface area is 79.6 Å². The Kier molecular flexibility index (Phi) is 2.32. The average molecular weight is 176 g/mol. The Morgan fingerprint density at radius 1 is 1.46 bits per heavy atom. The zero-order valence-electron chi connectivity index (χ0n) is 8.27. The average Bonchev–Trinajstić information content (AvgIpc) is 2.47. The topological polar surface area (TPSA) is 16.1 Å². The molecule has 70 valence electrons. The monoisotopic (exact) mass is 176 g/mol. The van der Waals surface area contributed by atoms with E-state index in [2.05, 4.69) is 29.9 Å². The van der Waals surface area contributed by atoms with Crippen molar-refractivity contribution in [1.29, 1.82) is 0 Å². The van der Waals surface area contributed by atoms with Crippen LogP contribution in [0.25, 0.3) is 0 Å². The van der Waals surface area contributed by atoms with Gasteiger partial charge in [-0.3, -0.25) is 4.98 Å². The molecule has 0 bridgehead atoms. The molecule has 1 aromatic heterocycles. The Morgan fingerprint density at radius 2 is 2.31 bits per heavy atom. The molecule has 0 aliphatic carbocycles. The van der Waals surface area contributed by atoms with Crippen molar-refractivity contribution in [2.24, 2.45) is 5.92 Å². The summed E-state index contributed by atoms with van der Waals surface area (Å²) in [6.45, 7) is 4.70. The number of hydrogen-bond acceptors (Lipinski definition) is 2. The van der Waals surface area contributed by atoms with E-state index < -0.39 is 0 Å². The van der Waals surface area contributed by atoms with Gasteiger partial charge in [-0.1, -0.05) is 13.0 Å². The summed E-state index contributed by atoms with van der Waals surface area (Å²) in [5.74, 6) is 1.44. The summed E-state index contributed by atoms with van der Waals surface area (Å²) < 4.78 is 0. The van der Waals surface area contributed by atoms with Crippen LogP contribution < -0.4 is 0 Å². The fraction of sp³-hybridized carbons (Fsp3) is 0.545. The molecule has 0 aromatic carbocycles. The summed E-state index contributed by atoms with van der Waals surface area (Å²) >= 11 is 0. The molecule has 2 atom stereocenters. The van der Waals surface area contributed by atoms with Gasteiger partial charge in [0.25, 0.3) is 0 Å². The van der Waals surface area contributed by atoms with Gasteiger partial charge in [-0.25, -0.2) is 0 Å². The Hall–Kier alpha value is -0.890. The van der Waals surface area contributed by atoms with Crippen molar-refractivity contribution in [3.05, 3.63) is 30.1 Å². The summed E-state index contributed by atoms with van der Waals surface area (Å²) in [5, 5.41) is 0. The highest BCUT2D eigenvalue weighted by Crippen LogP contribution is 2.30. The van der Waals surface area contributed by atoms with Crippen LogP contribution in [0.4, 0.5) is 0 Å². The summed E-state index contributed by atoms with van der Waals surface area (Å²) in [7, 11) is 2.19. The number of hydrogen-bond donors (Lipinski definition) is 0. The van der Waals surface area contributed by atoms with Gasteiger partial charge in [0, 0.05) is 31.4 Å². The summed E-state index contributed by atoms with van der Waals surface area (Å²) in [6, 6.07) is 4.22. The van der Waals surface area contributed by atoms with Crippen molar-refractivity contribution >= 4 is 0 Å². The maximum absolute atomic E-state index is 4.17.